The van der Waals surface area contributed by atoms with E-state index in [0.29, 0.717) is 18.6 Å². The third-order valence-electron chi connectivity index (χ3n) is 5.16. The van der Waals surface area contributed by atoms with Gasteiger partial charge >= 0.3 is 0 Å². The molecule has 1 aliphatic carbocycles. The lowest BCUT2D eigenvalue weighted by Crippen LogP contribution is -2.36. The van der Waals surface area contributed by atoms with Crippen molar-refractivity contribution in [2.24, 2.45) is 5.73 Å². The Morgan fingerprint density at radius 1 is 1.32 bits per heavy atom. The lowest BCUT2D eigenvalue weighted by atomic mass is 9.80. The molecule has 0 unspecified atom stereocenters. The summed E-state index contributed by atoms with van der Waals surface area (Å²) in [6, 6.07) is 6.13. The molecule has 2 aromatic rings. The molecule has 0 atom stereocenters. The number of fused-ring (bicyclic) bond motifs is 1. The van der Waals surface area contributed by atoms with Crippen molar-refractivity contribution in [2.75, 3.05) is 13.2 Å². The summed E-state index contributed by atoms with van der Waals surface area (Å²) < 4.78 is 8.10. The fourth-order valence-electron chi connectivity index (χ4n) is 3.74. The molecule has 2 heterocycles. The maximum absolute atomic E-state index is 6.15. The standard InChI is InChI=1S/C18H24ClN5O/c1-2-24-17(21-22-18(24)12-8-15(20)9-12)11-23-5-6-25-16-4-3-14(19)7-13(16)10-23/h3-4,7,12,15H,2,5-6,8-11,20H2,1H3. The van der Waals surface area contributed by atoms with Crippen LogP contribution in [0.15, 0.2) is 18.2 Å². The largest absolute Gasteiger partial charge is 0.492 e. The number of hydrogen-bond acceptors (Lipinski definition) is 5. The van der Waals surface area contributed by atoms with Crippen LogP contribution in [0.25, 0.3) is 0 Å². The van der Waals surface area contributed by atoms with Crippen molar-refractivity contribution in [1.82, 2.24) is 19.7 Å². The van der Waals surface area contributed by atoms with Crippen LogP contribution in [0, 0.1) is 0 Å². The summed E-state index contributed by atoms with van der Waals surface area (Å²) in [7, 11) is 0. The van der Waals surface area contributed by atoms with E-state index in [1.165, 1.54) is 0 Å². The maximum Gasteiger partial charge on any atom is 0.147 e. The summed E-state index contributed by atoms with van der Waals surface area (Å²) in [6.07, 6.45) is 2.03. The molecule has 25 heavy (non-hydrogen) atoms. The van der Waals surface area contributed by atoms with Gasteiger partial charge in [0.1, 0.15) is 24.0 Å². The second-order valence-corrected chi connectivity index (χ2v) is 7.39. The number of halogens is 1. The summed E-state index contributed by atoms with van der Waals surface area (Å²) in [5, 5.41) is 9.69. The molecule has 0 bridgehead atoms. The third kappa shape index (κ3) is 3.38. The van der Waals surface area contributed by atoms with Gasteiger partial charge in [0, 0.05) is 42.2 Å². The van der Waals surface area contributed by atoms with Crippen LogP contribution in [0.2, 0.25) is 5.02 Å². The zero-order valence-electron chi connectivity index (χ0n) is 14.5. The van der Waals surface area contributed by atoms with E-state index in [-0.39, 0.29) is 0 Å². The maximum atomic E-state index is 6.15. The number of benzene rings is 1. The molecule has 1 aromatic heterocycles. The van der Waals surface area contributed by atoms with Gasteiger partial charge in [0.05, 0.1) is 6.54 Å². The van der Waals surface area contributed by atoms with Crippen molar-refractivity contribution < 1.29 is 4.74 Å². The molecule has 0 saturated heterocycles. The number of nitrogens with two attached hydrogens (primary N) is 1. The first-order valence-electron chi connectivity index (χ1n) is 8.95. The van der Waals surface area contributed by atoms with Gasteiger partial charge in [-0.25, -0.2) is 0 Å². The molecule has 2 aliphatic rings. The predicted octanol–water partition coefficient (Wildman–Crippen LogP) is 2.55. The van der Waals surface area contributed by atoms with E-state index < -0.39 is 0 Å². The predicted molar refractivity (Wildman–Crippen MR) is 96.7 cm³/mol. The minimum atomic E-state index is 0.319. The van der Waals surface area contributed by atoms with Crippen LogP contribution in [0.1, 0.15) is 42.9 Å². The van der Waals surface area contributed by atoms with Crippen LogP contribution in [0.3, 0.4) is 0 Å². The smallest absolute Gasteiger partial charge is 0.147 e. The van der Waals surface area contributed by atoms with Crippen LogP contribution < -0.4 is 10.5 Å². The summed E-state index contributed by atoms with van der Waals surface area (Å²) in [4.78, 5) is 2.34. The zero-order chi connectivity index (χ0) is 17.4. The Bertz CT molecular complexity index is 756. The van der Waals surface area contributed by atoms with E-state index in [4.69, 9.17) is 22.1 Å². The topological polar surface area (TPSA) is 69.2 Å². The summed E-state index contributed by atoms with van der Waals surface area (Å²) >= 11 is 6.15. The molecule has 1 aromatic carbocycles. The minimum Gasteiger partial charge on any atom is -0.492 e. The third-order valence-corrected chi connectivity index (χ3v) is 5.39. The van der Waals surface area contributed by atoms with E-state index in [0.717, 1.165) is 67.0 Å². The van der Waals surface area contributed by atoms with Gasteiger partial charge in [-0.3, -0.25) is 4.90 Å². The molecule has 0 radical (unpaired) electrons. The monoisotopic (exact) mass is 361 g/mol. The van der Waals surface area contributed by atoms with Crippen LogP contribution in [0.5, 0.6) is 5.75 Å². The van der Waals surface area contributed by atoms with Crippen LogP contribution >= 0.6 is 11.6 Å². The highest BCUT2D eigenvalue weighted by molar-refractivity contribution is 6.30. The van der Waals surface area contributed by atoms with Crippen molar-refractivity contribution >= 4 is 11.6 Å². The van der Waals surface area contributed by atoms with Gasteiger partial charge in [0.2, 0.25) is 0 Å². The van der Waals surface area contributed by atoms with Gasteiger partial charge in [0.15, 0.2) is 0 Å². The molecule has 0 spiro atoms. The normalized spacial score (nSPS) is 23.5. The number of ether oxygens (including phenoxy) is 1. The van der Waals surface area contributed by atoms with Crippen LogP contribution in [-0.2, 0) is 19.6 Å². The van der Waals surface area contributed by atoms with E-state index >= 15 is 0 Å². The van der Waals surface area contributed by atoms with Gasteiger partial charge in [-0.1, -0.05) is 11.6 Å². The van der Waals surface area contributed by atoms with Crippen LogP contribution in [0.4, 0.5) is 0 Å². The van der Waals surface area contributed by atoms with Crippen molar-refractivity contribution in [2.45, 2.75) is 51.4 Å². The molecule has 7 heteroatoms. The molecular formula is C18H24ClN5O. The van der Waals surface area contributed by atoms with Crippen LogP contribution in [-0.4, -0.2) is 38.9 Å². The van der Waals surface area contributed by atoms with E-state index in [9.17, 15) is 0 Å². The molecule has 2 N–H and O–H groups in total. The Morgan fingerprint density at radius 3 is 2.92 bits per heavy atom. The van der Waals surface area contributed by atoms with E-state index in [2.05, 4.69) is 26.6 Å². The molecule has 0 amide bonds. The average molecular weight is 362 g/mol. The molecule has 1 fully saturated rings. The van der Waals surface area contributed by atoms with Gasteiger partial charge in [-0.15, -0.1) is 10.2 Å². The number of aromatic nitrogens is 3. The Balaban J connectivity index is 1.52. The Kier molecular flexibility index (Phi) is 4.67. The van der Waals surface area contributed by atoms with E-state index in [1.807, 2.05) is 18.2 Å². The van der Waals surface area contributed by atoms with Gasteiger partial charge in [-0.05, 0) is 38.0 Å². The van der Waals surface area contributed by atoms with Crippen molar-refractivity contribution in [1.29, 1.82) is 0 Å². The first-order valence-corrected chi connectivity index (χ1v) is 9.33. The van der Waals surface area contributed by atoms with Crippen molar-refractivity contribution in [3.8, 4) is 5.75 Å². The van der Waals surface area contributed by atoms with E-state index in [1.54, 1.807) is 0 Å². The molecule has 134 valence electrons. The lowest BCUT2D eigenvalue weighted by molar-refractivity contribution is 0.213. The molecule has 4 rings (SSSR count). The summed E-state index contributed by atoms with van der Waals surface area (Å²) in [5.74, 6) is 3.49. The molecule has 1 aliphatic heterocycles. The van der Waals surface area contributed by atoms with Gasteiger partial charge in [-0.2, -0.15) is 0 Å². The zero-order valence-corrected chi connectivity index (χ0v) is 15.2. The first kappa shape index (κ1) is 16.8. The highest BCUT2D eigenvalue weighted by atomic mass is 35.5. The second kappa shape index (κ2) is 6.94. The Labute approximate surface area is 152 Å². The minimum absolute atomic E-state index is 0.319. The number of hydrogen-bond donors (Lipinski definition) is 1. The molecule has 6 nitrogen and oxygen atoms in total. The quantitative estimate of drug-likeness (QED) is 0.906. The number of nitrogens with zero attached hydrogens (tertiary/aromatic N) is 4. The first-order chi connectivity index (χ1) is 12.1. The SMILES string of the molecule is CCn1c(CN2CCOc3ccc(Cl)cc3C2)nnc1C1CC(N)C1. The molecule has 1 saturated carbocycles. The highest BCUT2D eigenvalue weighted by Gasteiger charge is 2.32. The van der Waals surface area contributed by atoms with Crippen molar-refractivity contribution in [3.63, 3.8) is 0 Å². The molecular weight excluding hydrogens is 338 g/mol. The lowest BCUT2D eigenvalue weighted by Gasteiger charge is -2.31. The van der Waals surface area contributed by atoms with Gasteiger partial charge < -0.3 is 15.0 Å². The highest BCUT2D eigenvalue weighted by Crippen LogP contribution is 2.35. The fourth-order valence-corrected chi connectivity index (χ4v) is 3.93. The Hall–Kier alpha value is -1.63. The van der Waals surface area contributed by atoms with Crippen molar-refractivity contribution in [3.05, 3.63) is 40.4 Å². The fraction of sp³-hybridized carbons (Fsp3) is 0.556. The summed E-state index contributed by atoms with van der Waals surface area (Å²) in [5.41, 5.74) is 7.06. The second-order valence-electron chi connectivity index (χ2n) is 6.96. The summed E-state index contributed by atoms with van der Waals surface area (Å²) in [6.45, 7) is 6.11. The Morgan fingerprint density at radius 2 is 2.16 bits per heavy atom. The van der Waals surface area contributed by atoms with Gasteiger partial charge in [0.25, 0.3) is 0 Å². The average Bonchev–Trinajstić information content (AvgIpc) is 2.84. The number of rotatable bonds is 4.